The fourth-order valence-corrected chi connectivity index (χ4v) is 2.95. The van der Waals surface area contributed by atoms with Crippen LogP contribution in [0.2, 0.25) is 0 Å². The summed E-state index contributed by atoms with van der Waals surface area (Å²) in [4.78, 5) is 4.55. The lowest BCUT2D eigenvalue weighted by Crippen LogP contribution is -1.88. The molecule has 0 saturated carbocycles. The van der Waals surface area contributed by atoms with Gasteiger partial charge in [0.2, 0.25) is 0 Å². The summed E-state index contributed by atoms with van der Waals surface area (Å²) in [5.74, 6) is 0. The maximum atomic E-state index is 5.78. The predicted octanol–water partition coefficient (Wildman–Crippen LogP) is 5.98. The monoisotopic (exact) mass is 326 g/mol. The van der Waals surface area contributed by atoms with Gasteiger partial charge in [-0.2, -0.15) is 4.98 Å². The number of benzene rings is 3. The number of hydrogen-bond acceptors (Lipinski definition) is 4. The highest BCUT2D eigenvalue weighted by Gasteiger charge is 2.08. The van der Waals surface area contributed by atoms with Gasteiger partial charge in [-0.15, -0.1) is 0 Å². The van der Waals surface area contributed by atoms with Crippen LogP contribution in [-0.4, -0.2) is 4.98 Å². The van der Waals surface area contributed by atoms with Crippen LogP contribution in [0.25, 0.3) is 33.2 Å². The van der Waals surface area contributed by atoms with Crippen molar-refractivity contribution in [1.82, 2.24) is 4.98 Å². The summed E-state index contributed by atoms with van der Waals surface area (Å²) >= 11 is 0. The van der Waals surface area contributed by atoms with E-state index in [9.17, 15) is 0 Å². The highest BCUT2D eigenvalue weighted by molar-refractivity contribution is 5.87. The molecular weight excluding hydrogens is 312 g/mol. The number of fused-ring (bicyclic) bond motifs is 2. The molecule has 0 amide bonds. The van der Waals surface area contributed by atoms with Crippen LogP contribution in [-0.2, 0) is 0 Å². The molecule has 4 heteroatoms. The molecule has 0 aliphatic rings. The fourth-order valence-electron chi connectivity index (χ4n) is 2.95. The van der Waals surface area contributed by atoms with Gasteiger partial charge in [0.1, 0.15) is 11.1 Å². The van der Waals surface area contributed by atoms with Crippen LogP contribution in [0.4, 0.5) is 11.7 Å². The molecule has 0 unspecified atom stereocenters. The first kappa shape index (κ1) is 13.9. The van der Waals surface area contributed by atoms with Crippen molar-refractivity contribution < 1.29 is 8.83 Å². The van der Waals surface area contributed by atoms with Gasteiger partial charge in [-0.1, -0.05) is 30.3 Å². The number of furan rings is 1. The quantitative estimate of drug-likeness (QED) is 0.443. The molecule has 2 heterocycles. The Balaban J connectivity index is 1.52. The Kier molecular flexibility index (Phi) is 3.07. The second kappa shape index (κ2) is 5.53. The van der Waals surface area contributed by atoms with Crippen LogP contribution in [0.15, 0.2) is 87.9 Å². The van der Waals surface area contributed by atoms with Gasteiger partial charge in [0.15, 0.2) is 5.58 Å². The van der Waals surface area contributed by atoms with Gasteiger partial charge in [0.25, 0.3) is 6.01 Å². The van der Waals surface area contributed by atoms with Gasteiger partial charge in [0, 0.05) is 11.1 Å². The molecular formula is C21H14N2O2. The lowest BCUT2D eigenvalue weighted by Gasteiger charge is -2.01. The standard InChI is InChI=1S/C21H14N2O2/c1-2-4-17(5-3-1)22-21-23-18-13-15(7-9-20(18)25-21)14-6-8-19-16(12-14)10-11-24-19/h1-13H,(H,22,23). The van der Waals surface area contributed by atoms with Crippen LogP contribution in [0.3, 0.4) is 0 Å². The van der Waals surface area contributed by atoms with Gasteiger partial charge < -0.3 is 14.2 Å². The van der Waals surface area contributed by atoms with Crippen LogP contribution in [0.5, 0.6) is 0 Å². The summed E-state index contributed by atoms with van der Waals surface area (Å²) < 4.78 is 11.2. The average Bonchev–Trinajstić information content (AvgIpc) is 3.27. The van der Waals surface area contributed by atoms with Crippen LogP contribution in [0.1, 0.15) is 0 Å². The van der Waals surface area contributed by atoms with E-state index in [2.05, 4.69) is 22.4 Å². The normalized spacial score (nSPS) is 11.2. The molecule has 0 atom stereocenters. The Labute approximate surface area is 143 Å². The molecule has 0 saturated heterocycles. The highest BCUT2D eigenvalue weighted by atomic mass is 16.4. The summed E-state index contributed by atoms with van der Waals surface area (Å²) in [6, 6.07) is 24.5. The van der Waals surface area contributed by atoms with E-state index in [0.29, 0.717) is 6.01 Å². The van der Waals surface area contributed by atoms with Crippen LogP contribution in [0, 0.1) is 0 Å². The van der Waals surface area contributed by atoms with Crippen molar-refractivity contribution in [2.75, 3.05) is 5.32 Å². The molecule has 5 rings (SSSR count). The third-order valence-electron chi connectivity index (χ3n) is 4.20. The number of para-hydroxylation sites is 1. The maximum Gasteiger partial charge on any atom is 0.300 e. The third kappa shape index (κ3) is 2.54. The lowest BCUT2D eigenvalue weighted by atomic mass is 10.0. The van der Waals surface area contributed by atoms with Gasteiger partial charge >= 0.3 is 0 Å². The number of rotatable bonds is 3. The molecule has 120 valence electrons. The Hall–Kier alpha value is -3.53. The summed E-state index contributed by atoms with van der Waals surface area (Å²) in [6.45, 7) is 0. The first-order valence-corrected chi connectivity index (χ1v) is 8.05. The van der Waals surface area contributed by atoms with E-state index in [1.54, 1.807) is 6.26 Å². The number of hydrogen-bond donors (Lipinski definition) is 1. The first-order valence-electron chi connectivity index (χ1n) is 8.05. The predicted molar refractivity (Wildman–Crippen MR) is 98.9 cm³/mol. The summed E-state index contributed by atoms with van der Waals surface area (Å²) in [7, 11) is 0. The molecule has 0 fully saturated rings. The van der Waals surface area contributed by atoms with Crippen LogP contribution >= 0.6 is 0 Å². The topological polar surface area (TPSA) is 51.2 Å². The molecule has 3 aromatic carbocycles. The first-order chi connectivity index (χ1) is 12.3. The zero-order chi connectivity index (χ0) is 16.6. The largest absolute Gasteiger partial charge is 0.464 e. The Bertz CT molecular complexity index is 1170. The number of aromatic nitrogens is 1. The summed E-state index contributed by atoms with van der Waals surface area (Å²) in [6.07, 6.45) is 1.71. The van der Waals surface area contributed by atoms with Crippen molar-refractivity contribution in [2.24, 2.45) is 0 Å². The van der Waals surface area contributed by atoms with Crippen molar-refractivity contribution in [3.63, 3.8) is 0 Å². The van der Waals surface area contributed by atoms with Crippen molar-refractivity contribution >= 4 is 33.8 Å². The van der Waals surface area contributed by atoms with E-state index in [0.717, 1.165) is 38.9 Å². The van der Waals surface area contributed by atoms with E-state index in [1.165, 1.54) is 0 Å². The molecule has 0 aliphatic carbocycles. The van der Waals surface area contributed by atoms with E-state index < -0.39 is 0 Å². The van der Waals surface area contributed by atoms with Crippen molar-refractivity contribution in [2.45, 2.75) is 0 Å². The highest BCUT2D eigenvalue weighted by Crippen LogP contribution is 2.29. The number of oxazole rings is 1. The minimum atomic E-state index is 0.489. The SMILES string of the molecule is c1ccc(Nc2nc3cc(-c4ccc5occc5c4)ccc3o2)cc1. The number of nitrogens with zero attached hydrogens (tertiary/aromatic N) is 1. The Morgan fingerprint density at radius 1 is 0.760 bits per heavy atom. The van der Waals surface area contributed by atoms with Crippen molar-refractivity contribution in [1.29, 1.82) is 0 Å². The second-order valence-corrected chi connectivity index (χ2v) is 5.87. The Morgan fingerprint density at radius 3 is 2.44 bits per heavy atom. The molecule has 4 nitrogen and oxygen atoms in total. The number of anilines is 2. The van der Waals surface area contributed by atoms with Crippen molar-refractivity contribution in [3.8, 4) is 11.1 Å². The van der Waals surface area contributed by atoms with Gasteiger partial charge in [0.05, 0.1) is 6.26 Å². The van der Waals surface area contributed by atoms with Crippen LogP contribution < -0.4 is 5.32 Å². The van der Waals surface area contributed by atoms with E-state index in [4.69, 9.17) is 8.83 Å². The molecule has 0 bridgehead atoms. The molecule has 1 N–H and O–H groups in total. The van der Waals surface area contributed by atoms with Gasteiger partial charge in [-0.25, -0.2) is 0 Å². The third-order valence-corrected chi connectivity index (χ3v) is 4.20. The fraction of sp³-hybridized carbons (Fsp3) is 0. The van der Waals surface area contributed by atoms with Gasteiger partial charge in [-0.3, -0.25) is 0 Å². The molecule has 25 heavy (non-hydrogen) atoms. The minimum Gasteiger partial charge on any atom is -0.464 e. The zero-order valence-electron chi connectivity index (χ0n) is 13.3. The maximum absolute atomic E-state index is 5.78. The number of nitrogens with one attached hydrogen (secondary N) is 1. The van der Waals surface area contributed by atoms with E-state index >= 15 is 0 Å². The molecule has 0 aliphatic heterocycles. The second-order valence-electron chi connectivity index (χ2n) is 5.87. The van der Waals surface area contributed by atoms with E-state index in [-0.39, 0.29) is 0 Å². The summed E-state index contributed by atoms with van der Waals surface area (Å²) in [5, 5.41) is 4.27. The molecule has 0 spiro atoms. The molecule has 5 aromatic rings. The molecule has 2 aromatic heterocycles. The summed E-state index contributed by atoms with van der Waals surface area (Å²) in [5.41, 5.74) is 5.63. The zero-order valence-corrected chi connectivity index (χ0v) is 13.3. The molecule has 0 radical (unpaired) electrons. The average molecular weight is 326 g/mol. The Morgan fingerprint density at radius 2 is 1.56 bits per heavy atom. The minimum absolute atomic E-state index is 0.489. The van der Waals surface area contributed by atoms with Gasteiger partial charge in [-0.05, 0) is 53.6 Å². The smallest absolute Gasteiger partial charge is 0.300 e. The van der Waals surface area contributed by atoms with E-state index in [1.807, 2.05) is 60.7 Å². The lowest BCUT2D eigenvalue weighted by molar-refractivity contribution is 0.616. The van der Waals surface area contributed by atoms with Crippen molar-refractivity contribution in [3.05, 3.63) is 79.1 Å².